The van der Waals surface area contributed by atoms with E-state index in [-0.39, 0.29) is 5.70 Å². The zero-order chi connectivity index (χ0) is 14.7. The van der Waals surface area contributed by atoms with Gasteiger partial charge in [0, 0.05) is 42.3 Å². The third kappa shape index (κ3) is 2.67. The topological polar surface area (TPSA) is 59.2 Å². The first-order valence-electron chi connectivity index (χ1n) is 7.10. The number of pyridine rings is 1. The van der Waals surface area contributed by atoms with Gasteiger partial charge in [-0.15, -0.1) is 0 Å². The Kier molecular flexibility index (Phi) is 3.71. The van der Waals surface area contributed by atoms with Crippen LogP contribution in [-0.2, 0) is 4.79 Å². The second kappa shape index (κ2) is 5.81. The van der Waals surface area contributed by atoms with E-state index < -0.39 is 0 Å². The van der Waals surface area contributed by atoms with Crippen LogP contribution in [0.3, 0.4) is 0 Å². The lowest BCUT2D eigenvalue weighted by Gasteiger charge is -2.21. The zero-order valence-corrected chi connectivity index (χ0v) is 11.7. The minimum Gasteiger partial charge on any atom is -0.389 e. The number of hydrogen-bond acceptors (Lipinski definition) is 4. The van der Waals surface area contributed by atoms with Gasteiger partial charge in [-0.3, -0.25) is 4.98 Å². The molecular formula is C17H17N3O. The summed E-state index contributed by atoms with van der Waals surface area (Å²) in [7, 11) is 0. The highest BCUT2D eigenvalue weighted by atomic mass is 16.1. The average molecular weight is 279 g/mol. The largest absolute Gasteiger partial charge is 0.389 e. The van der Waals surface area contributed by atoms with Gasteiger partial charge in [0.1, 0.15) is 5.70 Å². The van der Waals surface area contributed by atoms with Gasteiger partial charge in [-0.1, -0.05) is 12.1 Å². The minimum absolute atomic E-state index is 0.155. The normalized spacial score (nSPS) is 14.0. The van der Waals surface area contributed by atoms with E-state index in [2.05, 4.69) is 9.88 Å². The van der Waals surface area contributed by atoms with E-state index in [0.717, 1.165) is 35.5 Å². The van der Waals surface area contributed by atoms with Crippen LogP contribution in [0.15, 0.2) is 42.7 Å². The molecule has 2 aromatic rings. The Morgan fingerprint density at radius 3 is 2.67 bits per heavy atom. The summed E-state index contributed by atoms with van der Waals surface area (Å²) in [5.41, 5.74) is 9.79. The second-order valence-electron chi connectivity index (χ2n) is 5.18. The van der Waals surface area contributed by atoms with Gasteiger partial charge in [-0.05, 0) is 36.6 Å². The number of aromatic nitrogens is 1. The predicted molar refractivity (Wildman–Crippen MR) is 84.4 cm³/mol. The third-order valence-corrected chi connectivity index (χ3v) is 3.84. The molecule has 1 fully saturated rings. The fourth-order valence-corrected chi connectivity index (χ4v) is 2.75. The van der Waals surface area contributed by atoms with Crippen molar-refractivity contribution in [3.63, 3.8) is 0 Å². The lowest BCUT2D eigenvalue weighted by atomic mass is 10.0. The van der Waals surface area contributed by atoms with Gasteiger partial charge in [-0.2, -0.15) is 0 Å². The molecule has 0 atom stereocenters. The average Bonchev–Trinajstić information content (AvgIpc) is 3.08. The molecule has 0 radical (unpaired) electrons. The first-order valence-corrected chi connectivity index (χ1v) is 7.10. The van der Waals surface area contributed by atoms with Crippen molar-refractivity contribution in [2.24, 2.45) is 5.73 Å². The van der Waals surface area contributed by atoms with Crippen molar-refractivity contribution in [2.45, 2.75) is 12.8 Å². The van der Waals surface area contributed by atoms with Gasteiger partial charge in [0.2, 0.25) is 0 Å². The molecule has 2 N–H and O–H groups in total. The quantitative estimate of drug-likeness (QED) is 0.877. The summed E-state index contributed by atoms with van der Waals surface area (Å²) in [6.07, 6.45) is 5.89. The van der Waals surface area contributed by atoms with Gasteiger partial charge < -0.3 is 10.6 Å². The summed E-state index contributed by atoms with van der Waals surface area (Å²) >= 11 is 0. The molecule has 0 unspecified atom stereocenters. The summed E-state index contributed by atoms with van der Waals surface area (Å²) in [4.78, 5) is 17.4. The molecule has 1 aromatic carbocycles. The van der Waals surface area contributed by atoms with Crippen LogP contribution >= 0.6 is 0 Å². The van der Waals surface area contributed by atoms with Crippen LogP contribution in [0.1, 0.15) is 18.4 Å². The highest BCUT2D eigenvalue weighted by Gasteiger charge is 2.18. The van der Waals surface area contributed by atoms with Gasteiger partial charge in [0.05, 0.1) is 0 Å². The van der Waals surface area contributed by atoms with E-state index in [1.807, 2.05) is 36.3 Å². The Balaban J connectivity index is 2.09. The van der Waals surface area contributed by atoms with Crippen LogP contribution in [0.2, 0.25) is 0 Å². The molecule has 0 bridgehead atoms. The number of carbonyl (C=O) groups excluding carboxylic acids is 1. The monoisotopic (exact) mass is 279 g/mol. The van der Waals surface area contributed by atoms with Crippen LogP contribution in [-0.4, -0.2) is 24.0 Å². The first kappa shape index (κ1) is 13.4. The third-order valence-electron chi connectivity index (χ3n) is 3.84. The fourth-order valence-electron chi connectivity index (χ4n) is 2.75. The van der Waals surface area contributed by atoms with Crippen molar-refractivity contribution in [2.75, 3.05) is 18.0 Å². The lowest BCUT2D eigenvalue weighted by Crippen LogP contribution is -2.20. The van der Waals surface area contributed by atoms with Crippen LogP contribution in [0, 0.1) is 0 Å². The number of nitrogens with two attached hydrogens (primary N) is 1. The first-order chi connectivity index (χ1) is 10.3. The van der Waals surface area contributed by atoms with Crippen LogP contribution in [0.25, 0.3) is 16.8 Å². The van der Waals surface area contributed by atoms with Crippen LogP contribution in [0.5, 0.6) is 0 Å². The van der Waals surface area contributed by atoms with Crippen LogP contribution in [0.4, 0.5) is 5.69 Å². The maximum Gasteiger partial charge on any atom is 0.150 e. The summed E-state index contributed by atoms with van der Waals surface area (Å²) < 4.78 is 0. The van der Waals surface area contributed by atoms with Gasteiger partial charge in [0.15, 0.2) is 5.94 Å². The fraction of sp³-hybridized carbons (Fsp3) is 0.235. The summed E-state index contributed by atoms with van der Waals surface area (Å²) in [6.45, 7) is 2.01. The maximum absolute atomic E-state index is 11.0. The predicted octanol–water partition coefficient (Wildman–Crippen LogP) is 2.48. The summed E-state index contributed by atoms with van der Waals surface area (Å²) in [5, 5.41) is 0. The van der Waals surface area contributed by atoms with E-state index in [0.29, 0.717) is 0 Å². The molecule has 4 heteroatoms. The molecule has 0 aliphatic carbocycles. The standard InChI is InChI=1S/C17H17N3O/c18-16(12-21)15-10-13(14-4-3-7-19-11-14)5-6-17(15)20-8-1-2-9-20/h3-7,10-11H,1-2,8-9,18H2. The number of nitrogens with zero attached hydrogens (tertiary/aromatic N) is 2. The highest BCUT2D eigenvalue weighted by Crippen LogP contribution is 2.31. The number of benzene rings is 1. The van der Waals surface area contributed by atoms with Gasteiger partial charge in [0.25, 0.3) is 0 Å². The van der Waals surface area contributed by atoms with Crippen molar-refractivity contribution < 1.29 is 4.79 Å². The summed E-state index contributed by atoms with van der Waals surface area (Å²) in [6, 6.07) is 9.91. The maximum atomic E-state index is 11.0. The van der Waals surface area contributed by atoms with Crippen molar-refractivity contribution in [1.82, 2.24) is 4.98 Å². The minimum atomic E-state index is 0.155. The number of anilines is 1. The highest BCUT2D eigenvalue weighted by molar-refractivity contribution is 5.92. The Morgan fingerprint density at radius 2 is 2.00 bits per heavy atom. The lowest BCUT2D eigenvalue weighted by molar-refractivity contribution is 0.569. The Morgan fingerprint density at radius 1 is 1.19 bits per heavy atom. The molecular weight excluding hydrogens is 262 g/mol. The molecule has 106 valence electrons. The molecule has 1 aliphatic rings. The van der Waals surface area contributed by atoms with E-state index in [1.165, 1.54) is 12.8 Å². The molecule has 0 amide bonds. The molecule has 3 rings (SSSR count). The van der Waals surface area contributed by atoms with Crippen LogP contribution < -0.4 is 10.6 Å². The van der Waals surface area contributed by atoms with Gasteiger partial charge >= 0.3 is 0 Å². The molecule has 21 heavy (non-hydrogen) atoms. The van der Waals surface area contributed by atoms with E-state index >= 15 is 0 Å². The zero-order valence-electron chi connectivity index (χ0n) is 11.7. The van der Waals surface area contributed by atoms with Gasteiger partial charge in [-0.25, -0.2) is 4.79 Å². The smallest absolute Gasteiger partial charge is 0.150 e. The Hall–Kier alpha value is -2.58. The Bertz CT molecular complexity index is 684. The van der Waals surface area contributed by atoms with Crippen molar-refractivity contribution in [1.29, 1.82) is 0 Å². The number of hydrogen-bond donors (Lipinski definition) is 1. The van der Waals surface area contributed by atoms with Crippen molar-refractivity contribution >= 4 is 17.3 Å². The molecule has 1 aliphatic heterocycles. The van der Waals surface area contributed by atoms with Crippen molar-refractivity contribution in [3.8, 4) is 11.1 Å². The van der Waals surface area contributed by atoms with E-state index in [9.17, 15) is 4.79 Å². The molecule has 2 heterocycles. The molecule has 1 saturated heterocycles. The SMILES string of the molecule is NC(=C=O)c1cc(-c2cccnc2)ccc1N1CCCC1. The molecule has 0 saturated carbocycles. The Labute approximate surface area is 123 Å². The molecule has 0 spiro atoms. The van der Waals surface area contributed by atoms with Crippen molar-refractivity contribution in [3.05, 3.63) is 48.3 Å². The second-order valence-corrected chi connectivity index (χ2v) is 5.18. The molecule has 4 nitrogen and oxygen atoms in total. The number of rotatable bonds is 3. The van der Waals surface area contributed by atoms with E-state index in [4.69, 9.17) is 5.73 Å². The van der Waals surface area contributed by atoms with E-state index in [1.54, 1.807) is 12.4 Å². The molecule has 1 aromatic heterocycles. The summed E-state index contributed by atoms with van der Waals surface area (Å²) in [5.74, 6) is 1.83.